The van der Waals surface area contributed by atoms with E-state index in [0.29, 0.717) is 6.54 Å². The van der Waals surface area contributed by atoms with E-state index in [2.05, 4.69) is 16.7 Å². The third kappa shape index (κ3) is 3.58. The molecule has 2 aliphatic rings. The lowest BCUT2D eigenvalue weighted by atomic mass is 10.2. The molecule has 2 aromatic heterocycles. The summed E-state index contributed by atoms with van der Waals surface area (Å²) >= 11 is 1.65. The number of hydrogen-bond donors (Lipinski definition) is 0. The molecule has 0 radical (unpaired) electrons. The van der Waals surface area contributed by atoms with E-state index in [1.165, 1.54) is 17.7 Å². The minimum absolute atomic E-state index is 0.138. The lowest BCUT2D eigenvalue weighted by Gasteiger charge is -2.27. The van der Waals surface area contributed by atoms with Crippen molar-refractivity contribution >= 4 is 21.6 Å². The van der Waals surface area contributed by atoms with Crippen molar-refractivity contribution < 1.29 is 4.74 Å². The molecular weight excluding hydrogens is 348 g/mol. The van der Waals surface area contributed by atoms with Gasteiger partial charge in [-0.3, -0.25) is 19.2 Å². The Labute approximate surface area is 158 Å². The van der Waals surface area contributed by atoms with Crippen molar-refractivity contribution in [3.05, 3.63) is 26.6 Å². The van der Waals surface area contributed by atoms with Gasteiger partial charge in [0.15, 0.2) is 0 Å². The molecule has 4 rings (SSSR count). The van der Waals surface area contributed by atoms with Crippen LogP contribution in [0.5, 0.6) is 0 Å². The zero-order chi connectivity index (χ0) is 18.1. The molecule has 26 heavy (non-hydrogen) atoms. The molecule has 0 aromatic carbocycles. The highest BCUT2D eigenvalue weighted by molar-refractivity contribution is 7.18. The fourth-order valence-electron chi connectivity index (χ4n) is 3.93. The second-order valence-electron chi connectivity index (χ2n) is 7.39. The third-order valence-corrected chi connectivity index (χ3v) is 6.78. The zero-order valence-electron chi connectivity index (χ0n) is 15.8. The van der Waals surface area contributed by atoms with Gasteiger partial charge in [-0.05, 0) is 45.3 Å². The SMILES string of the molecule is Cc1sc2nc(CN3CCCC3)n(CCN3CCOCC3)c(=O)c2c1C. The van der Waals surface area contributed by atoms with Gasteiger partial charge in [0.1, 0.15) is 10.7 Å². The quantitative estimate of drug-likeness (QED) is 0.799. The first-order valence-corrected chi connectivity index (χ1v) is 10.5. The number of likely N-dealkylation sites (tertiary alicyclic amines) is 1. The van der Waals surface area contributed by atoms with Crippen LogP contribution in [0.2, 0.25) is 0 Å². The first kappa shape index (κ1) is 18.1. The monoisotopic (exact) mass is 376 g/mol. The molecule has 0 bridgehead atoms. The molecule has 4 heterocycles. The number of fused-ring (bicyclic) bond motifs is 1. The van der Waals surface area contributed by atoms with Crippen LogP contribution in [0.1, 0.15) is 29.1 Å². The predicted octanol–water partition coefficient (Wildman–Crippen LogP) is 2.00. The standard InChI is InChI=1S/C19H28N4O2S/c1-14-15(2)26-18-17(14)19(24)23(8-7-21-9-11-25-12-10-21)16(20-18)13-22-5-3-4-6-22/h3-13H2,1-2H3. The second-order valence-corrected chi connectivity index (χ2v) is 8.59. The van der Waals surface area contributed by atoms with Gasteiger partial charge in [-0.25, -0.2) is 4.98 Å². The van der Waals surface area contributed by atoms with Crippen LogP contribution in [-0.4, -0.2) is 65.3 Å². The van der Waals surface area contributed by atoms with E-state index in [0.717, 1.165) is 74.1 Å². The highest BCUT2D eigenvalue weighted by Gasteiger charge is 2.20. The molecule has 2 aromatic rings. The number of rotatable bonds is 5. The molecule has 0 saturated carbocycles. The number of hydrogen-bond acceptors (Lipinski definition) is 6. The Morgan fingerprint density at radius 1 is 1.04 bits per heavy atom. The molecule has 7 heteroatoms. The van der Waals surface area contributed by atoms with E-state index in [1.54, 1.807) is 11.3 Å². The van der Waals surface area contributed by atoms with Crippen molar-refractivity contribution in [3.8, 4) is 0 Å². The molecule has 142 valence electrons. The number of thiophene rings is 1. The van der Waals surface area contributed by atoms with Crippen LogP contribution in [0, 0.1) is 13.8 Å². The molecule has 0 atom stereocenters. The molecule has 0 amide bonds. The van der Waals surface area contributed by atoms with Crippen LogP contribution in [0.25, 0.3) is 10.2 Å². The second kappa shape index (κ2) is 7.76. The van der Waals surface area contributed by atoms with Gasteiger partial charge >= 0.3 is 0 Å². The van der Waals surface area contributed by atoms with E-state index in [-0.39, 0.29) is 5.56 Å². The van der Waals surface area contributed by atoms with Crippen molar-refractivity contribution in [2.75, 3.05) is 45.9 Å². The fourth-order valence-corrected chi connectivity index (χ4v) is 4.97. The Bertz CT molecular complexity index is 832. The summed E-state index contributed by atoms with van der Waals surface area (Å²) in [6.07, 6.45) is 2.49. The van der Waals surface area contributed by atoms with Crippen LogP contribution >= 0.6 is 11.3 Å². The van der Waals surface area contributed by atoms with Crippen LogP contribution in [0.15, 0.2) is 4.79 Å². The summed E-state index contributed by atoms with van der Waals surface area (Å²) in [7, 11) is 0. The van der Waals surface area contributed by atoms with Gasteiger partial charge in [0.25, 0.3) is 5.56 Å². The van der Waals surface area contributed by atoms with Crippen LogP contribution in [0.4, 0.5) is 0 Å². The Hall–Kier alpha value is -1.28. The van der Waals surface area contributed by atoms with Crippen LogP contribution < -0.4 is 5.56 Å². The molecular formula is C19H28N4O2S. The molecule has 6 nitrogen and oxygen atoms in total. The Morgan fingerprint density at radius 2 is 1.77 bits per heavy atom. The van der Waals surface area contributed by atoms with Crippen LogP contribution in [0.3, 0.4) is 0 Å². The van der Waals surface area contributed by atoms with Crippen LogP contribution in [-0.2, 0) is 17.8 Å². The van der Waals surface area contributed by atoms with Crippen molar-refractivity contribution in [2.45, 2.75) is 39.8 Å². The number of ether oxygens (including phenoxy) is 1. The van der Waals surface area contributed by atoms with Crippen molar-refractivity contribution in [3.63, 3.8) is 0 Å². The van der Waals surface area contributed by atoms with E-state index in [4.69, 9.17) is 9.72 Å². The van der Waals surface area contributed by atoms with E-state index in [9.17, 15) is 4.79 Å². The lowest BCUT2D eigenvalue weighted by molar-refractivity contribution is 0.0361. The normalized spacial score (nSPS) is 19.6. The highest BCUT2D eigenvalue weighted by Crippen LogP contribution is 2.26. The third-order valence-electron chi connectivity index (χ3n) is 5.68. The summed E-state index contributed by atoms with van der Waals surface area (Å²) in [5, 5.41) is 0.819. The topological polar surface area (TPSA) is 50.6 Å². The number of morpholine rings is 1. The first-order chi connectivity index (χ1) is 12.6. The summed E-state index contributed by atoms with van der Waals surface area (Å²) in [5.41, 5.74) is 1.23. The number of aryl methyl sites for hydroxylation is 2. The van der Waals surface area contributed by atoms with E-state index < -0.39 is 0 Å². The fraction of sp³-hybridized carbons (Fsp3) is 0.684. The number of nitrogens with zero attached hydrogens (tertiary/aromatic N) is 4. The molecule has 0 unspecified atom stereocenters. The summed E-state index contributed by atoms with van der Waals surface area (Å²) < 4.78 is 7.38. The van der Waals surface area contributed by atoms with Gasteiger partial charge in [-0.15, -0.1) is 11.3 Å². The molecule has 2 saturated heterocycles. The zero-order valence-corrected chi connectivity index (χ0v) is 16.6. The van der Waals surface area contributed by atoms with Gasteiger partial charge in [-0.1, -0.05) is 0 Å². The van der Waals surface area contributed by atoms with Crippen molar-refractivity contribution in [1.82, 2.24) is 19.4 Å². The lowest BCUT2D eigenvalue weighted by Crippen LogP contribution is -2.40. The van der Waals surface area contributed by atoms with Crippen molar-refractivity contribution in [1.29, 1.82) is 0 Å². The maximum Gasteiger partial charge on any atom is 0.262 e. The Balaban J connectivity index is 1.67. The Kier molecular flexibility index (Phi) is 5.40. The molecule has 0 spiro atoms. The van der Waals surface area contributed by atoms with Gasteiger partial charge in [0.05, 0.1) is 25.1 Å². The smallest absolute Gasteiger partial charge is 0.262 e. The van der Waals surface area contributed by atoms with Gasteiger partial charge in [-0.2, -0.15) is 0 Å². The maximum atomic E-state index is 13.3. The van der Waals surface area contributed by atoms with Gasteiger partial charge in [0, 0.05) is 31.1 Å². The predicted molar refractivity (Wildman–Crippen MR) is 105 cm³/mol. The van der Waals surface area contributed by atoms with E-state index in [1.807, 2.05) is 11.5 Å². The average Bonchev–Trinajstić information content (AvgIpc) is 3.24. The minimum Gasteiger partial charge on any atom is -0.379 e. The minimum atomic E-state index is 0.138. The maximum absolute atomic E-state index is 13.3. The molecule has 2 fully saturated rings. The number of aromatic nitrogens is 2. The highest BCUT2D eigenvalue weighted by atomic mass is 32.1. The summed E-state index contributed by atoms with van der Waals surface area (Å²) in [4.78, 5) is 25.1. The summed E-state index contributed by atoms with van der Waals surface area (Å²) in [6, 6.07) is 0. The van der Waals surface area contributed by atoms with Gasteiger partial charge in [0.2, 0.25) is 0 Å². The molecule has 2 aliphatic heterocycles. The average molecular weight is 377 g/mol. The van der Waals surface area contributed by atoms with Gasteiger partial charge < -0.3 is 4.74 Å². The van der Waals surface area contributed by atoms with Crippen molar-refractivity contribution in [2.24, 2.45) is 0 Å². The molecule has 0 N–H and O–H groups in total. The first-order valence-electron chi connectivity index (χ1n) is 9.65. The molecule has 0 aliphatic carbocycles. The summed E-state index contributed by atoms with van der Waals surface area (Å²) in [5.74, 6) is 0.930. The van der Waals surface area contributed by atoms with E-state index >= 15 is 0 Å². The Morgan fingerprint density at radius 3 is 2.50 bits per heavy atom. The largest absolute Gasteiger partial charge is 0.379 e. The summed E-state index contributed by atoms with van der Waals surface area (Å²) in [6.45, 7) is 12.2.